The standard InChI is InChI=1S/C14H20N2O2.C14H20O4.C10H16O/c1-2-18-13(17)12-10-9-14(6-3-4-7-14)8-5-11(10)15-16-12;1-2-18-13(17)12(16)10-9-14(6-3-4-7-14)8-5-11(10)15;11-9-3-7-10(8-4-9)5-1-2-6-10/h2-9H2,1H3,(H,15,16);10H,2-9H2,1H3;1-8H2. The lowest BCUT2D eigenvalue weighted by Crippen LogP contribution is -2.40. The fourth-order valence-electron chi connectivity index (χ4n) is 9.63. The van der Waals surface area contributed by atoms with Gasteiger partial charge in [0, 0.05) is 30.5 Å². The molecule has 0 bridgehead atoms. The van der Waals surface area contributed by atoms with Crippen LogP contribution in [0.15, 0.2) is 0 Å². The number of nitrogens with one attached hydrogen (secondary N) is 1. The summed E-state index contributed by atoms with van der Waals surface area (Å²) < 4.78 is 9.80. The number of Topliss-reactive ketones (excluding diaryl/α,β-unsaturated/α-hetero) is 3. The third kappa shape index (κ3) is 8.43. The maximum absolute atomic E-state index is 11.9. The molecule has 260 valence electrons. The van der Waals surface area contributed by atoms with Crippen LogP contribution in [0.3, 0.4) is 0 Å². The second kappa shape index (κ2) is 15.6. The van der Waals surface area contributed by atoms with Crippen LogP contribution in [-0.2, 0) is 41.5 Å². The first-order chi connectivity index (χ1) is 22.6. The molecule has 9 nitrogen and oxygen atoms in total. The maximum atomic E-state index is 11.9. The van der Waals surface area contributed by atoms with Crippen molar-refractivity contribution in [3.05, 3.63) is 17.0 Å². The number of aromatic amines is 1. The lowest BCUT2D eigenvalue weighted by atomic mass is 9.67. The Bertz CT molecular complexity index is 1280. The molecular weight excluding hydrogens is 596 g/mol. The topological polar surface area (TPSA) is 132 Å². The summed E-state index contributed by atoms with van der Waals surface area (Å²) in [7, 11) is 0. The number of hydrogen-bond acceptors (Lipinski definition) is 8. The fourth-order valence-corrected chi connectivity index (χ4v) is 9.63. The number of rotatable bonds is 5. The van der Waals surface area contributed by atoms with E-state index in [-0.39, 0.29) is 23.8 Å². The van der Waals surface area contributed by atoms with Crippen LogP contribution < -0.4 is 0 Å². The average Bonchev–Trinajstić information content (AvgIpc) is 3.90. The van der Waals surface area contributed by atoms with Gasteiger partial charge >= 0.3 is 11.9 Å². The number of ether oxygens (including phenoxy) is 2. The second-order valence-electron chi connectivity index (χ2n) is 15.4. The molecule has 0 aliphatic heterocycles. The highest BCUT2D eigenvalue weighted by molar-refractivity contribution is 6.38. The number of aromatic nitrogens is 2. The zero-order chi connectivity index (χ0) is 33.5. The maximum Gasteiger partial charge on any atom is 0.375 e. The summed E-state index contributed by atoms with van der Waals surface area (Å²) in [6.45, 7) is 4.07. The van der Waals surface area contributed by atoms with Gasteiger partial charge in [0.1, 0.15) is 11.6 Å². The molecule has 1 unspecified atom stereocenters. The second-order valence-corrected chi connectivity index (χ2v) is 15.4. The normalized spacial score (nSPS) is 25.0. The number of carbonyl (C=O) groups excluding carboxylic acids is 5. The van der Waals surface area contributed by atoms with Crippen LogP contribution in [0.25, 0.3) is 0 Å². The molecule has 1 aromatic rings. The molecule has 6 aliphatic rings. The van der Waals surface area contributed by atoms with Crippen LogP contribution in [0.1, 0.15) is 164 Å². The quantitative estimate of drug-likeness (QED) is 0.198. The van der Waals surface area contributed by atoms with Gasteiger partial charge in [-0.05, 0) is 114 Å². The van der Waals surface area contributed by atoms with Gasteiger partial charge in [0.05, 0.1) is 19.1 Å². The van der Waals surface area contributed by atoms with Gasteiger partial charge in [0.2, 0.25) is 5.78 Å². The van der Waals surface area contributed by atoms with E-state index < -0.39 is 17.7 Å². The van der Waals surface area contributed by atoms with Crippen molar-refractivity contribution in [2.45, 2.75) is 155 Å². The van der Waals surface area contributed by atoms with Crippen LogP contribution in [0.2, 0.25) is 0 Å². The third-order valence-corrected chi connectivity index (χ3v) is 12.5. The van der Waals surface area contributed by atoms with Crippen molar-refractivity contribution < 1.29 is 33.4 Å². The van der Waals surface area contributed by atoms with Crippen molar-refractivity contribution in [1.29, 1.82) is 0 Å². The van der Waals surface area contributed by atoms with Crippen molar-refractivity contribution in [2.24, 2.45) is 22.2 Å². The molecule has 1 atom stereocenters. The van der Waals surface area contributed by atoms with Crippen molar-refractivity contribution in [1.82, 2.24) is 10.2 Å². The Kier molecular flexibility index (Phi) is 11.8. The number of ketones is 3. The highest BCUT2D eigenvalue weighted by Crippen LogP contribution is 2.51. The SMILES string of the molecule is CCOC(=O)C(=O)C1CC2(CCCC2)CCC1=O.CCOC(=O)c1n[nH]c2c1CC1(CCCC1)CC2.O=C1CCC2(CCCC2)CC1. The highest BCUT2D eigenvalue weighted by atomic mass is 16.5. The Morgan fingerprint density at radius 3 is 1.83 bits per heavy atom. The van der Waals surface area contributed by atoms with Gasteiger partial charge in [-0.2, -0.15) is 5.10 Å². The van der Waals surface area contributed by atoms with Gasteiger partial charge in [-0.3, -0.25) is 19.5 Å². The molecule has 1 heterocycles. The molecule has 9 heteroatoms. The summed E-state index contributed by atoms with van der Waals surface area (Å²) >= 11 is 0. The molecule has 7 rings (SSSR count). The molecule has 47 heavy (non-hydrogen) atoms. The first-order valence-electron chi connectivity index (χ1n) is 18.6. The Labute approximate surface area is 280 Å². The first-order valence-corrected chi connectivity index (χ1v) is 18.6. The van der Waals surface area contributed by atoms with E-state index in [1.54, 1.807) is 6.92 Å². The molecule has 1 N–H and O–H groups in total. The Balaban J connectivity index is 0.000000143. The van der Waals surface area contributed by atoms with Crippen LogP contribution in [0.4, 0.5) is 0 Å². The average molecular weight is 653 g/mol. The zero-order valence-corrected chi connectivity index (χ0v) is 28.9. The van der Waals surface area contributed by atoms with E-state index in [0.29, 0.717) is 41.8 Å². The minimum absolute atomic E-state index is 0.0782. The van der Waals surface area contributed by atoms with Gasteiger partial charge in [0.15, 0.2) is 5.69 Å². The zero-order valence-electron chi connectivity index (χ0n) is 28.9. The molecule has 0 radical (unpaired) electrons. The minimum Gasteiger partial charge on any atom is -0.461 e. The van der Waals surface area contributed by atoms with E-state index in [9.17, 15) is 24.0 Å². The number of H-pyrrole nitrogens is 1. The van der Waals surface area contributed by atoms with Gasteiger partial charge < -0.3 is 9.47 Å². The monoisotopic (exact) mass is 652 g/mol. The number of carbonyl (C=O) groups is 5. The predicted molar refractivity (Wildman–Crippen MR) is 177 cm³/mol. The van der Waals surface area contributed by atoms with E-state index in [0.717, 1.165) is 56.2 Å². The van der Waals surface area contributed by atoms with E-state index >= 15 is 0 Å². The molecule has 5 saturated carbocycles. The molecule has 1 aromatic heterocycles. The Hall–Kier alpha value is -2.84. The molecule has 0 aromatic carbocycles. The van der Waals surface area contributed by atoms with Crippen molar-refractivity contribution in [3.63, 3.8) is 0 Å². The van der Waals surface area contributed by atoms with Crippen LogP contribution in [0.5, 0.6) is 0 Å². The largest absolute Gasteiger partial charge is 0.461 e. The Morgan fingerprint density at radius 1 is 0.702 bits per heavy atom. The summed E-state index contributed by atoms with van der Waals surface area (Å²) in [4.78, 5) is 58.1. The van der Waals surface area contributed by atoms with Crippen LogP contribution in [-0.4, -0.2) is 52.7 Å². The summed E-state index contributed by atoms with van der Waals surface area (Å²) in [5.41, 5.74) is 4.02. The van der Waals surface area contributed by atoms with E-state index in [2.05, 4.69) is 10.2 Å². The van der Waals surface area contributed by atoms with Crippen LogP contribution >= 0.6 is 0 Å². The lowest BCUT2D eigenvalue weighted by Gasteiger charge is -2.36. The smallest absolute Gasteiger partial charge is 0.375 e. The molecule has 0 saturated heterocycles. The molecule has 0 amide bonds. The molecule has 5 fully saturated rings. The Morgan fingerprint density at radius 2 is 1.23 bits per heavy atom. The van der Waals surface area contributed by atoms with Crippen molar-refractivity contribution in [3.8, 4) is 0 Å². The number of fused-ring (bicyclic) bond motifs is 1. The van der Waals surface area contributed by atoms with Gasteiger partial charge in [-0.1, -0.05) is 38.5 Å². The van der Waals surface area contributed by atoms with Gasteiger partial charge in [0.25, 0.3) is 0 Å². The van der Waals surface area contributed by atoms with E-state index in [4.69, 9.17) is 9.47 Å². The van der Waals surface area contributed by atoms with Gasteiger partial charge in [-0.15, -0.1) is 0 Å². The summed E-state index contributed by atoms with van der Waals surface area (Å²) in [6, 6.07) is 0. The molecular formula is C38H56N2O7. The summed E-state index contributed by atoms with van der Waals surface area (Å²) in [5.74, 6) is -2.06. The number of nitrogens with zero attached hydrogens (tertiary/aromatic N) is 1. The number of hydrogen-bond donors (Lipinski definition) is 1. The third-order valence-electron chi connectivity index (χ3n) is 12.5. The summed E-state index contributed by atoms with van der Waals surface area (Å²) in [5, 5.41) is 7.19. The van der Waals surface area contributed by atoms with Crippen molar-refractivity contribution >= 4 is 29.3 Å². The van der Waals surface area contributed by atoms with Crippen LogP contribution in [0, 0.1) is 22.2 Å². The van der Waals surface area contributed by atoms with E-state index in [1.807, 2.05) is 6.92 Å². The fraction of sp³-hybridized carbons (Fsp3) is 0.789. The predicted octanol–water partition coefficient (Wildman–Crippen LogP) is 7.37. The summed E-state index contributed by atoms with van der Waals surface area (Å²) in [6.07, 6.45) is 24.8. The van der Waals surface area contributed by atoms with Gasteiger partial charge in [-0.25, -0.2) is 9.59 Å². The minimum atomic E-state index is -0.842. The first kappa shape index (κ1) is 35.5. The number of esters is 2. The lowest BCUT2D eigenvalue weighted by molar-refractivity contribution is -0.158. The number of aryl methyl sites for hydroxylation is 1. The van der Waals surface area contributed by atoms with E-state index in [1.165, 1.54) is 83.5 Å². The molecule has 6 aliphatic carbocycles. The molecule has 3 spiro atoms. The highest BCUT2D eigenvalue weighted by Gasteiger charge is 2.46. The van der Waals surface area contributed by atoms with Crippen molar-refractivity contribution in [2.75, 3.05) is 13.2 Å².